The van der Waals surface area contributed by atoms with Crippen LogP contribution in [0.15, 0.2) is 22.7 Å². The fourth-order valence-electron chi connectivity index (χ4n) is 1.62. The van der Waals surface area contributed by atoms with Gasteiger partial charge in [0.1, 0.15) is 0 Å². The van der Waals surface area contributed by atoms with Crippen LogP contribution in [0.5, 0.6) is 0 Å². The van der Waals surface area contributed by atoms with Gasteiger partial charge >= 0.3 is 0 Å². The second-order valence-corrected chi connectivity index (χ2v) is 5.48. The van der Waals surface area contributed by atoms with E-state index in [0.29, 0.717) is 18.0 Å². The first-order valence-corrected chi connectivity index (χ1v) is 6.20. The lowest BCUT2D eigenvalue weighted by Gasteiger charge is -2.17. The van der Waals surface area contributed by atoms with E-state index in [0.717, 1.165) is 10.2 Å². The van der Waals surface area contributed by atoms with Crippen LogP contribution in [0.1, 0.15) is 6.42 Å². The molecule has 1 aromatic rings. The third-order valence-electron chi connectivity index (χ3n) is 2.31. The summed E-state index contributed by atoms with van der Waals surface area (Å²) >= 11 is 13.6. The van der Waals surface area contributed by atoms with Crippen LogP contribution in [0.25, 0.3) is 0 Å². The molecule has 2 rings (SSSR count). The second-order valence-electron chi connectivity index (χ2n) is 3.46. The van der Waals surface area contributed by atoms with Gasteiger partial charge in [-0.15, -0.1) is 0 Å². The van der Waals surface area contributed by atoms with Crippen LogP contribution in [0.2, 0.25) is 5.02 Å². The maximum atomic E-state index is 11.6. The molecule has 1 aromatic carbocycles. The van der Waals surface area contributed by atoms with Crippen LogP contribution >= 0.6 is 40.2 Å². The van der Waals surface area contributed by atoms with Crippen LogP contribution in [-0.2, 0) is 4.79 Å². The summed E-state index contributed by atoms with van der Waals surface area (Å²) in [4.78, 5) is 13.4. The van der Waals surface area contributed by atoms with Crippen molar-refractivity contribution in [3.63, 3.8) is 0 Å². The predicted molar refractivity (Wildman–Crippen MR) is 68.9 cm³/mol. The molecule has 0 aromatic heterocycles. The summed E-state index contributed by atoms with van der Waals surface area (Å²) in [5.74, 6) is 0.109. The average molecular weight is 307 g/mol. The quantitative estimate of drug-likeness (QED) is 0.790. The van der Waals surface area contributed by atoms with Crippen LogP contribution in [-0.4, -0.2) is 17.7 Å². The number of thiol groups is 1. The number of carbonyl (C=O) groups excluding carboxylic acids is 1. The maximum Gasteiger partial charge on any atom is 0.228 e. The van der Waals surface area contributed by atoms with Crippen molar-refractivity contribution < 1.29 is 4.79 Å². The standard InChI is InChI=1S/C10H9BrClNOS/c11-8-3-6(12)1-2-9(8)13-5-7(15)4-10(13)14/h1-3,7,15H,4-5H2. The minimum Gasteiger partial charge on any atom is -0.310 e. The van der Waals surface area contributed by atoms with E-state index in [2.05, 4.69) is 28.6 Å². The zero-order valence-corrected chi connectivity index (χ0v) is 11.0. The highest BCUT2D eigenvalue weighted by molar-refractivity contribution is 9.10. The number of benzene rings is 1. The predicted octanol–water partition coefficient (Wildman–Crippen LogP) is 3.14. The molecule has 15 heavy (non-hydrogen) atoms. The number of hydrogen-bond acceptors (Lipinski definition) is 2. The van der Waals surface area contributed by atoms with Gasteiger partial charge in [0.25, 0.3) is 0 Å². The molecule has 1 atom stereocenters. The monoisotopic (exact) mass is 305 g/mol. The number of amides is 1. The normalized spacial score (nSPS) is 21.1. The number of anilines is 1. The topological polar surface area (TPSA) is 20.3 Å². The van der Waals surface area contributed by atoms with Gasteiger partial charge in [-0.1, -0.05) is 11.6 Å². The van der Waals surface area contributed by atoms with Gasteiger partial charge in [0.2, 0.25) is 5.91 Å². The Balaban J connectivity index is 2.34. The molecule has 0 N–H and O–H groups in total. The Hall–Kier alpha value is -0.190. The van der Waals surface area contributed by atoms with Crippen molar-refractivity contribution in [2.75, 3.05) is 11.4 Å². The van der Waals surface area contributed by atoms with Crippen LogP contribution in [0.4, 0.5) is 5.69 Å². The summed E-state index contributed by atoms with van der Waals surface area (Å²) < 4.78 is 0.839. The van der Waals surface area contributed by atoms with Crippen LogP contribution in [0, 0.1) is 0 Å². The fraction of sp³-hybridized carbons (Fsp3) is 0.300. The summed E-state index contributed by atoms with van der Waals surface area (Å²) in [6.07, 6.45) is 0.498. The summed E-state index contributed by atoms with van der Waals surface area (Å²) in [7, 11) is 0. The largest absolute Gasteiger partial charge is 0.310 e. The summed E-state index contributed by atoms with van der Waals surface area (Å²) in [5, 5.41) is 0.778. The Labute approximate surface area is 107 Å². The Bertz CT molecular complexity index is 412. The van der Waals surface area contributed by atoms with Gasteiger partial charge in [-0.3, -0.25) is 4.79 Å². The molecule has 1 amide bonds. The molecule has 0 aliphatic carbocycles. The van der Waals surface area contributed by atoms with Gasteiger partial charge in [-0.25, -0.2) is 0 Å². The number of carbonyl (C=O) groups is 1. The van der Waals surface area contributed by atoms with Gasteiger partial charge in [0, 0.05) is 27.7 Å². The van der Waals surface area contributed by atoms with Crippen molar-refractivity contribution in [2.24, 2.45) is 0 Å². The Morgan fingerprint density at radius 3 is 2.80 bits per heavy atom. The summed E-state index contributed by atoms with van der Waals surface area (Å²) in [6, 6.07) is 5.41. The first-order valence-electron chi connectivity index (χ1n) is 4.51. The Kier molecular flexibility index (Phi) is 3.28. The van der Waals surface area contributed by atoms with Gasteiger partial charge in [-0.05, 0) is 34.1 Å². The van der Waals surface area contributed by atoms with Crippen molar-refractivity contribution in [3.05, 3.63) is 27.7 Å². The molecule has 1 aliphatic rings. The molecule has 0 spiro atoms. The zero-order chi connectivity index (χ0) is 11.0. The van der Waals surface area contributed by atoms with Gasteiger partial charge in [0.15, 0.2) is 0 Å². The van der Waals surface area contributed by atoms with Crippen LogP contribution in [0.3, 0.4) is 0 Å². The maximum absolute atomic E-state index is 11.6. The summed E-state index contributed by atoms with van der Waals surface area (Å²) in [6.45, 7) is 0.655. The number of hydrogen-bond donors (Lipinski definition) is 1. The number of rotatable bonds is 1. The first-order chi connectivity index (χ1) is 7.08. The zero-order valence-electron chi connectivity index (χ0n) is 7.78. The molecule has 1 heterocycles. The van der Waals surface area contributed by atoms with E-state index in [1.807, 2.05) is 6.07 Å². The molecular weight excluding hydrogens is 298 g/mol. The highest BCUT2D eigenvalue weighted by Crippen LogP contribution is 2.32. The molecule has 0 bridgehead atoms. The molecular formula is C10H9BrClNOS. The SMILES string of the molecule is O=C1CC(S)CN1c1ccc(Cl)cc1Br. The van der Waals surface area contributed by atoms with E-state index in [4.69, 9.17) is 11.6 Å². The minimum atomic E-state index is 0.109. The van der Waals surface area contributed by atoms with Crippen molar-refractivity contribution >= 4 is 51.8 Å². The molecule has 1 unspecified atom stereocenters. The lowest BCUT2D eigenvalue weighted by molar-refractivity contribution is -0.117. The van der Waals surface area contributed by atoms with E-state index in [9.17, 15) is 4.79 Å². The fourth-order valence-corrected chi connectivity index (χ4v) is 2.84. The Morgan fingerprint density at radius 1 is 1.53 bits per heavy atom. The van der Waals surface area contributed by atoms with Gasteiger partial charge in [0.05, 0.1) is 5.69 Å². The molecule has 1 fully saturated rings. The van der Waals surface area contributed by atoms with E-state index >= 15 is 0 Å². The highest BCUT2D eigenvalue weighted by Gasteiger charge is 2.29. The van der Waals surface area contributed by atoms with E-state index in [-0.39, 0.29) is 11.2 Å². The van der Waals surface area contributed by atoms with Crippen molar-refractivity contribution in [1.29, 1.82) is 0 Å². The third kappa shape index (κ3) is 2.32. The third-order valence-corrected chi connectivity index (χ3v) is 3.52. The molecule has 80 valence electrons. The molecule has 0 saturated carbocycles. The van der Waals surface area contributed by atoms with Crippen molar-refractivity contribution in [2.45, 2.75) is 11.7 Å². The molecule has 1 aliphatic heterocycles. The van der Waals surface area contributed by atoms with Crippen molar-refractivity contribution in [3.8, 4) is 0 Å². The van der Waals surface area contributed by atoms with Crippen molar-refractivity contribution in [1.82, 2.24) is 0 Å². The minimum absolute atomic E-state index is 0.109. The Morgan fingerprint density at radius 2 is 2.27 bits per heavy atom. The van der Waals surface area contributed by atoms with E-state index in [1.165, 1.54) is 0 Å². The number of halogens is 2. The lowest BCUT2D eigenvalue weighted by atomic mass is 10.3. The summed E-state index contributed by atoms with van der Waals surface area (Å²) in [5.41, 5.74) is 0.862. The smallest absolute Gasteiger partial charge is 0.228 e. The van der Waals surface area contributed by atoms with E-state index < -0.39 is 0 Å². The molecule has 1 saturated heterocycles. The van der Waals surface area contributed by atoms with Gasteiger partial charge in [-0.2, -0.15) is 12.6 Å². The molecule has 0 radical (unpaired) electrons. The lowest BCUT2D eigenvalue weighted by Crippen LogP contribution is -2.24. The van der Waals surface area contributed by atoms with E-state index in [1.54, 1.807) is 17.0 Å². The molecule has 5 heteroatoms. The average Bonchev–Trinajstić information content (AvgIpc) is 2.45. The number of nitrogens with zero attached hydrogens (tertiary/aromatic N) is 1. The van der Waals surface area contributed by atoms with Gasteiger partial charge < -0.3 is 4.90 Å². The highest BCUT2D eigenvalue weighted by atomic mass is 79.9. The molecule has 2 nitrogen and oxygen atoms in total. The van der Waals surface area contributed by atoms with Crippen LogP contribution < -0.4 is 4.90 Å². The second kappa shape index (κ2) is 4.36. The first kappa shape index (κ1) is 11.3.